The van der Waals surface area contributed by atoms with E-state index >= 15 is 0 Å². The second-order valence-electron chi connectivity index (χ2n) is 7.43. The highest BCUT2D eigenvalue weighted by molar-refractivity contribution is 7.13. The van der Waals surface area contributed by atoms with Gasteiger partial charge in [-0.3, -0.25) is 9.59 Å². The summed E-state index contributed by atoms with van der Waals surface area (Å²) in [5.74, 6) is -0.356. The Labute approximate surface area is 186 Å². The first-order chi connectivity index (χ1) is 15.0. The van der Waals surface area contributed by atoms with Crippen molar-refractivity contribution < 1.29 is 14.3 Å². The van der Waals surface area contributed by atoms with Crippen LogP contribution < -0.4 is 4.74 Å². The summed E-state index contributed by atoms with van der Waals surface area (Å²) in [5.41, 5.74) is 5.40. The van der Waals surface area contributed by atoms with Crippen LogP contribution in [0.5, 0.6) is 5.75 Å². The Morgan fingerprint density at radius 1 is 0.839 bits per heavy atom. The maximum absolute atomic E-state index is 13.4. The van der Waals surface area contributed by atoms with Crippen molar-refractivity contribution in [1.29, 1.82) is 0 Å². The van der Waals surface area contributed by atoms with Gasteiger partial charge in [0.2, 0.25) is 11.6 Å². The molecular formula is C27H22O3S. The van der Waals surface area contributed by atoms with Gasteiger partial charge in [0.15, 0.2) is 0 Å². The number of ether oxygens (including phenoxy) is 1. The van der Waals surface area contributed by atoms with E-state index in [2.05, 4.69) is 11.4 Å². The molecule has 0 unspecified atom stereocenters. The van der Waals surface area contributed by atoms with Crippen molar-refractivity contribution in [3.8, 4) is 27.3 Å². The maximum Gasteiger partial charge on any atom is 0.234 e. The number of aryl methyl sites for hydroxylation is 2. The van der Waals surface area contributed by atoms with Crippen LogP contribution in [0.25, 0.3) is 21.6 Å². The van der Waals surface area contributed by atoms with E-state index in [0.717, 1.165) is 27.1 Å². The Balaban J connectivity index is 1.85. The largest absolute Gasteiger partial charge is 0.496 e. The van der Waals surface area contributed by atoms with Gasteiger partial charge in [-0.15, -0.1) is 11.3 Å². The van der Waals surface area contributed by atoms with Gasteiger partial charge in [-0.2, -0.15) is 0 Å². The fraction of sp³-hybridized carbons (Fsp3) is 0.111. The summed E-state index contributed by atoms with van der Waals surface area (Å²) in [6.45, 7) is 3.90. The molecule has 154 valence electrons. The second kappa shape index (κ2) is 8.70. The molecule has 0 bridgehead atoms. The van der Waals surface area contributed by atoms with Gasteiger partial charge in [0.25, 0.3) is 0 Å². The van der Waals surface area contributed by atoms with E-state index in [1.807, 2.05) is 56.3 Å². The SMILES string of the molecule is COc1ccc(C(=O)C(=O)c2cccc(-c3cc(C)cs3)c2-c2ccccc2)cc1C. The normalized spacial score (nSPS) is 10.7. The van der Waals surface area contributed by atoms with Gasteiger partial charge >= 0.3 is 0 Å². The second-order valence-corrected chi connectivity index (χ2v) is 8.34. The molecule has 31 heavy (non-hydrogen) atoms. The monoisotopic (exact) mass is 426 g/mol. The molecule has 1 heterocycles. The average molecular weight is 427 g/mol. The molecule has 1 aromatic heterocycles. The zero-order valence-corrected chi connectivity index (χ0v) is 18.5. The average Bonchev–Trinajstić information content (AvgIpc) is 3.24. The molecule has 3 nitrogen and oxygen atoms in total. The van der Waals surface area contributed by atoms with Gasteiger partial charge in [0, 0.05) is 27.1 Å². The number of methoxy groups -OCH3 is 1. The van der Waals surface area contributed by atoms with Crippen molar-refractivity contribution in [2.75, 3.05) is 7.11 Å². The first-order valence-corrected chi connectivity index (χ1v) is 10.8. The predicted molar refractivity (Wildman–Crippen MR) is 126 cm³/mol. The summed E-state index contributed by atoms with van der Waals surface area (Å²) in [4.78, 5) is 27.6. The van der Waals surface area contributed by atoms with Crippen LogP contribution in [0.2, 0.25) is 0 Å². The first-order valence-electron chi connectivity index (χ1n) is 9.97. The number of thiophene rings is 1. The summed E-state index contributed by atoms with van der Waals surface area (Å²) in [6, 6.07) is 22.5. The van der Waals surface area contributed by atoms with Crippen molar-refractivity contribution in [3.05, 3.63) is 100 Å². The van der Waals surface area contributed by atoms with E-state index in [1.54, 1.807) is 42.7 Å². The minimum atomic E-state index is -0.526. The van der Waals surface area contributed by atoms with E-state index in [9.17, 15) is 9.59 Å². The van der Waals surface area contributed by atoms with Crippen LogP contribution in [0.3, 0.4) is 0 Å². The van der Waals surface area contributed by atoms with E-state index in [-0.39, 0.29) is 0 Å². The zero-order valence-electron chi connectivity index (χ0n) is 17.6. The molecule has 4 rings (SSSR count). The highest BCUT2D eigenvalue weighted by Gasteiger charge is 2.24. The lowest BCUT2D eigenvalue weighted by Gasteiger charge is -2.14. The zero-order chi connectivity index (χ0) is 22.0. The lowest BCUT2D eigenvalue weighted by atomic mass is 9.89. The van der Waals surface area contributed by atoms with Crippen LogP contribution in [0.15, 0.2) is 78.2 Å². The molecule has 0 saturated heterocycles. The molecule has 0 radical (unpaired) electrons. The number of carbonyl (C=O) groups excluding carboxylic acids is 2. The fourth-order valence-electron chi connectivity index (χ4n) is 3.71. The van der Waals surface area contributed by atoms with E-state index in [4.69, 9.17) is 4.74 Å². The van der Waals surface area contributed by atoms with Crippen LogP contribution >= 0.6 is 11.3 Å². The van der Waals surface area contributed by atoms with E-state index in [0.29, 0.717) is 16.9 Å². The van der Waals surface area contributed by atoms with Crippen LogP contribution in [0.4, 0.5) is 0 Å². The Bertz CT molecular complexity index is 1270. The molecule has 0 N–H and O–H groups in total. The summed E-state index contributed by atoms with van der Waals surface area (Å²) < 4.78 is 5.27. The Morgan fingerprint density at radius 2 is 1.61 bits per heavy atom. The standard InChI is InChI=1S/C27H22O3S/c1-17-14-24(31-16-17)21-10-7-11-22(25(21)19-8-5-4-6-9-19)27(29)26(28)20-12-13-23(30-3)18(2)15-20/h4-16H,1-3H3. The van der Waals surface area contributed by atoms with Crippen molar-refractivity contribution in [1.82, 2.24) is 0 Å². The fourth-order valence-corrected chi connectivity index (χ4v) is 4.64. The molecule has 0 spiro atoms. The third-order valence-corrected chi connectivity index (χ3v) is 6.31. The molecular weight excluding hydrogens is 404 g/mol. The molecule has 0 aliphatic rings. The summed E-state index contributed by atoms with van der Waals surface area (Å²) in [7, 11) is 1.58. The van der Waals surface area contributed by atoms with Crippen LogP contribution in [-0.4, -0.2) is 18.7 Å². The summed E-state index contributed by atoms with van der Waals surface area (Å²) in [5, 5.41) is 2.09. The topological polar surface area (TPSA) is 43.4 Å². The van der Waals surface area contributed by atoms with Gasteiger partial charge in [-0.1, -0.05) is 48.5 Å². The van der Waals surface area contributed by atoms with Crippen LogP contribution in [-0.2, 0) is 0 Å². The highest BCUT2D eigenvalue weighted by Crippen LogP contribution is 2.38. The Hall–Kier alpha value is -3.50. The van der Waals surface area contributed by atoms with Crippen LogP contribution in [0.1, 0.15) is 31.8 Å². The lowest BCUT2D eigenvalue weighted by molar-refractivity contribution is 0.0817. The minimum Gasteiger partial charge on any atom is -0.496 e. The van der Waals surface area contributed by atoms with Gasteiger partial charge in [-0.05, 0) is 60.2 Å². The van der Waals surface area contributed by atoms with Gasteiger partial charge in [-0.25, -0.2) is 0 Å². The van der Waals surface area contributed by atoms with E-state index in [1.165, 1.54) is 5.56 Å². The molecule has 0 aliphatic carbocycles. The predicted octanol–water partition coefficient (Wildman–Crippen LogP) is 6.77. The maximum atomic E-state index is 13.4. The van der Waals surface area contributed by atoms with Crippen molar-refractivity contribution in [2.24, 2.45) is 0 Å². The first kappa shape index (κ1) is 20.8. The summed E-state index contributed by atoms with van der Waals surface area (Å²) >= 11 is 1.63. The molecule has 4 heteroatoms. The number of carbonyl (C=O) groups is 2. The third-order valence-electron chi connectivity index (χ3n) is 5.23. The highest BCUT2D eigenvalue weighted by atomic mass is 32.1. The van der Waals surface area contributed by atoms with Gasteiger partial charge in [0.05, 0.1) is 7.11 Å². The van der Waals surface area contributed by atoms with Crippen molar-refractivity contribution >= 4 is 22.9 Å². The number of hydrogen-bond donors (Lipinski definition) is 0. The van der Waals surface area contributed by atoms with E-state index < -0.39 is 11.6 Å². The molecule has 0 fully saturated rings. The van der Waals surface area contributed by atoms with Crippen molar-refractivity contribution in [3.63, 3.8) is 0 Å². The number of hydrogen-bond acceptors (Lipinski definition) is 4. The molecule has 0 amide bonds. The molecule has 3 aromatic carbocycles. The molecule has 4 aromatic rings. The quantitative estimate of drug-likeness (QED) is 0.252. The third kappa shape index (κ3) is 4.07. The summed E-state index contributed by atoms with van der Waals surface area (Å²) in [6.07, 6.45) is 0. The molecule has 0 aliphatic heterocycles. The number of Topliss-reactive ketones (excluding diaryl/α,β-unsaturated/α-hetero) is 2. The van der Waals surface area contributed by atoms with Gasteiger partial charge in [0.1, 0.15) is 5.75 Å². The number of rotatable bonds is 6. The smallest absolute Gasteiger partial charge is 0.234 e. The Kier molecular flexibility index (Phi) is 5.83. The van der Waals surface area contributed by atoms with Crippen molar-refractivity contribution in [2.45, 2.75) is 13.8 Å². The molecule has 0 atom stereocenters. The van der Waals surface area contributed by atoms with Crippen LogP contribution in [0, 0.1) is 13.8 Å². The minimum absolute atomic E-state index is 0.361. The Morgan fingerprint density at radius 3 is 2.26 bits per heavy atom. The molecule has 0 saturated carbocycles. The number of benzene rings is 3. The number of ketones is 2. The lowest BCUT2D eigenvalue weighted by Crippen LogP contribution is -2.16. The van der Waals surface area contributed by atoms with Gasteiger partial charge < -0.3 is 4.74 Å².